The lowest BCUT2D eigenvalue weighted by Crippen LogP contribution is -2.31. The Kier molecular flexibility index (Phi) is 4.29. The van der Waals surface area contributed by atoms with E-state index in [0.717, 1.165) is 10.2 Å². The molecule has 0 saturated carbocycles. The van der Waals surface area contributed by atoms with E-state index in [0.29, 0.717) is 17.3 Å². The molecule has 3 aromatic rings. The van der Waals surface area contributed by atoms with Crippen molar-refractivity contribution >= 4 is 17.5 Å². The summed E-state index contributed by atoms with van der Waals surface area (Å²) < 4.78 is 11.0. The largest absolute Gasteiger partial charge is 0.459 e. The fourth-order valence-electron chi connectivity index (χ4n) is 1.95. The van der Waals surface area contributed by atoms with E-state index in [9.17, 15) is 9.59 Å². The van der Waals surface area contributed by atoms with Crippen molar-refractivity contribution in [2.45, 2.75) is 13.1 Å². The SMILES string of the molecule is O=C(Cn1nc(-c2ccco2)oc1=O)NCc1cccc(Cl)c1. The minimum atomic E-state index is -0.727. The molecule has 0 aliphatic heterocycles. The summed E-state index contributed by atoms with van der Waals surface area (Å²) in [5.74, 6) is -0.747. The van der Waals surface area contributed by atoms with Gasteiger partial charge in [-0.15, -0.1) is 5.10 Å². The third-order valence-corrected chi connectivity index (χ3v) is 3.25. The summed E-state index contributed by atoms with van der Waals surface area (Å²) in [6, 6.07) is 10.4. The molecule has 0 unspecified atom stereocenters. The standard InChI is InChI=1S/C15H12ClN3O4/c16-11-4-1-3-10(7-11)8-17-13(20)9-19-15(21)23-14(18-19)12-5-2-6-22-12/h1-7H,8-9H2,(H,17,20). The van der Waals surface area contributed by atoms with E-state index >= 15 is 0 Å². The number of rotatable bonds is 5. The van der Waals surface area contributed by atoms with Gasteiger partial charge in [0, 0.05) is 11.6 Å². The van der Waals surface area contributed by atoms with Gasteiger partial charge >= 0.3 is 5.76 Å². The quantitative estimate of drug-likeness (QED) is 0.772. The Balaban J connectivity index is 1.63. The van der Waals surface area contributed by atoms with Gasteiger partial charge in [0.25, 0.3) is 5.89 Å². The zero-order valence-electron chi connectivity index (χ0n) is 11.9. The van der Waals surface area contributed by atoms with Gasteiger partial charge in [0.1, 0.15) is 6.54 Å². The van der Waals surface area contributed by atoms with E-state index in [1.807, 2.05) is 6.07 Å². The summed E-state index contributed by atoms with van der Waals surface area (Å²) in [5.41, 5.74) is 0.856. The van der Waals surface area contributed by atoms with Crippen LogP contribution in [-0.4, -0.2) is 15.7 Å². The first-order valence-corrected chi connectivity index (χ1v) is 7.12. The van der Waals surface area contributed by atoms with Crippen molar-refractivity contribution in [3.63, 3.8) is 0 Å². The van der Waals surface area contributed by atoms with Crippen LogP contribution in [0.3, 0.4) is 0 Å². The molecule has 0 bridgehead atoms. The van der Waals surface area contributed by atoms with E-state index in [2.05, 4.69) is 10.4 Å². The predicted molar refractivity (Wildman–Crippen MR) is 81.8 cm³/mol. The molecule has 0 spiro atoms. The fraction of sp³-hybridized carbons (Fsp3) is 0.133. The van der Waals surface area contributed by atoms with E-state index in [1.54, 1.807) is 30.3 Å². The van der Waals surface area contributed by atoms with Gasteiger partial charge in [-0.1, -0.05) is 23.7 Å². The second-order valence-electron chi connectivity index (χ2n) is 4.71. The summed E-state index contributed by atoms with van der Waals surface area (Å²) in [6.07, 6.45) is 1.44. The van der Waals surface area contributed by atoms with Crippen LogP contribution in [-0.2, 0) is 17.9 Å². The van der Waals surface area contributed by atoms with Crippen LogP contribution < -0.4 is 11.1 Å². The Morgan fingerprint density at radius 1 is 1.30 bits per heavy atom. The third-order valence-electron chi connectivity index (χ3n) is 3.01. The van der Waals surface area contributed by atoms with E-state index in [4.69, 9.17) is 20.4 Å². The normalized spacial score (nSPS) is 10.7. The zero-order valence-corrected chi connectivity index (χ0v) is 12.6. The maximum Gasteiger partial charge on any atom is 0.437 e. The first kappa shape index (κ1) is 15.1. The number of carbonyl (C=O) groups is 1. The van der Waals surface area contributed by atoms with E-state index in [-0.39, 0.29) is 18.3 Å². The lowest BCUT2D eigenvalue weighted by Gasteiger charge is -2.04. The van der Waals surface area contributed by atoms with Crippen LogP contribution in [0.25, 0.3) is 11.7 Å². The maximum absolute atomic E-state index is 11.9. The summed E-state index contributed by atoms with van der Waals surface area (Å²) >= 11 is 5.87. The maximum atomic E-state index is 11.9. The third kappa shape index (κ3) is 3.70. The molecule has 2 heterocycles. The highest BCUT2D eigenvalue weighted by molar-refractivity contribution is 6.30. The molecule has 1 aromatic carbocycles. The molecule has 3 rings (SSSR count). The van der Waals surface area contributed by atoms with E-state index in [1.165, 1.54) is 6.26 Å². The predicted octanol–water partition coefficient (Wildman–Crippen LogP) is 2.07. The van der Waals surface area contributed by atoms with Crippen molar-refractivity contribution in [1.82, 2.24) is 15.1 Å². The first-order chi connectivity index (χ1) is 11.1. The Hall–Kier alpha value is -2.80. The molecule has 23 heavy (non-hydrogen) atoms. The number of nitrogens with one attached hydrogen (secondary N) is 1. The van der Waals surface area contributed by atoms with Crippen LogP contribution in [0.5, 0.6) is 0 Å². The summed E-state index contributed by atoms with van der Waals surface area (Å²) in [6.45, 7) is 0.0562. The van der Waals surface area contributed by atoms with Gasteiger partial charge in [0.2, 0.25) is 5.91 Å². The van der Waals surface area contributed by atoms with Crippen LogP contribution >= 0.6 is 11.6 Å². The molecule has 0 aliphatic carbocycles. The highest BCUT2D eigenvalue weighted by atomic mass is 35.5. The fourth-order valence-corrected chi connectivity index (χ4v) is 2.16. The van der Waals surface area contributed by atoms with Gasteiger partial charge in [-0.2, -0.15) is 4.68 Å². The topological polar surface area (TPSA) is 90.3 Å². The van der Waals surface area contributed by atoms with Gasteiger partial charge < -0.3 is 14.2 Å². The second kappa shape index (κ2) is 6.53. The average molecular weight is 334 g/mol. The smallest absolute Gasteiger partial charge is 0.437 e. The van der Waals surface area contributed by atoms with Crippen LogP contribution in [0.1, 0.15) is 5.56 Å². The van der Waals surface area contributed by atoms with Crippen LogP contribution in [0.4, 0.5) is 0 Å². The Bertz CT molecular complexity index is 867. The molecule has 8 heteroatoms. The highest BCUT2D eigenvalue weighted by Gasteiger charge is 2.14. The Morgan fingerprint density at radius 3 is 2.91 bits per heavy atom. The Morgan fingerprint density at radius 2 is 2.17 bits per heavy atom. The van der Waals surface area contributed by atoms with Crippen molar-refractivity contribution < 1.29 is 13.6 Å². The number of furan rings is 1. The van der Waals surface area contributed by atoms with Gasteiger partial charge in [0.15, 0.2) is 5.76 Å². The number of hydrogen-bond donors (Lipinski definition) is 1. The first-order valence-electron chi connectivity index (χ1n) is 6.75. The van der Waals surface area contributed by atoms with Gasteiger partial charge in [-0.25, -0.2) is 4.79 Å². The van der Waals surface area contributed by atoms with Crippen molar-refractivity contribution in [1.29, 1.82) is 0 Å². The molecule has 0 aliphatic rings. The van der Waals surface area contributed by atoms with Crippen molar-refractivity contribution in [2.75, 3.05) is 0 Å². The molecule has 2 aromatic heterocycles. The number of aromatic nitrogens is 2. The van der Waals surface area contributed by atoms with Crippen molar-refractivity contribution in [3.8, 4) is 11.7 Å². The molecule has 1 amide bonds. The molecular weight excluding hydrogens is 322 g/mol. The van der Waals surface area contributed by atoms with Gasteiger partial charge in [-0.3, -0.25) is 4.79 Å². The van der Waals surface area contributed by atoms with E-state index < -0.39 is 5.76 Å². The highest BCUT2D eigenvalue weighted by Crippen LogP contribution is 2.15. The molecule has 7 nitrogen and oxygen atoms in total. The molecule has 1 N–H and O–H groups in total. The molecule has 0 fully saturated rings. The number of hydrogen-bond acceptors (Lipinski definition) is 5. The van der Waals surface area contributed by atoms with Crippen molar-refractivity contribution in [3.05, 3.63) is 63.8 Å². The molecule has 0 saturated heterocycles. The lowest BCUT2D eigenvalue weighted by molar-refractivity contribution is -0.122. The van der Waals surface area contributed by atoms with Crippen LogP contribution in [0, 0.1) is 0 Å². The summed E-state index contributed by atoms with van der Waals surface area (Å²) in [4.78, 5) is 23.6. The number of carbonyl (C=O) groups excluding carboxylic acids is 1. The lowest BCUT2D eigenvalue weighted by atomic mass is 10.2. The average Bonchev–Trinajstić information content (AvgIpc) is 3.16. The summed E-state index contributed by atoms with van der Waals surface area (Å²) in [7, 11) is 0. The molecular formula is C15H12ClN3O4. The van der Waals surface area contributed by atoms with Crippen LogP contribution in [0.2, 0.25) is 5.02 Å². The van der Waals surface area contributed by atoms with Gasteiger partial charge in [0.05, 0.1) is 6.26 Å². The molecule has 118 valence electrons. The molecule has 0 atom stereocenters. The van der Waals surface area contributed by atoms with Gasteiger partial charge in [-0.05, 0) is 29.8 Å². The number of nitrogens with zero attached hydrogens (tertiary/aromatic N) is 2. The number of amides is 1. The zero-order chi connectivity index (χ0) is 16.2. The second-order valence-corrected chi connectivity index (χ2v) is 5.15. The summed E-state index contributed by atoms with van der Waals surface area (Å²) in [5, 5.41) is 7.20. The monoisotopic (exact) mass is 333 g/mol. The minimum absolute atomic E-state index is 0.0302. The van der Waals surface area contributed by atoms with Crippen molar-refractivity contribution in [2.24, 2.45) is 0 Å². The molecule has 0 radical (unpaired) electrons. The number of halogens is 1. The Labute approximate surface area is 135 Å². The minimum Gasteiger partial charge on any atom is -0.459 e. The van der Waals surface area contributed by atoms with Crippen LogP contribution in [0.15, 0.2) is 56.3 Å². The number of benzene rings is 1.